The summed E-state index contributed by atoms with van der Waals surface area (Å²) in [5.41, 5.74) is 5.39. The summed E-state index contributed by atoms with van der Waals surface area (Å²) >= 11 is 0. The molecule has 0 bridgehead atoms. The Hall–Kier alpha value is -1.22. The highest BCUT2D eigenvalue weighted by atomic mass is 14.1. The zero-order chi connectivity index (χ0) is 10.7. The molecular formula is C14H18. The van der Waals surface area contributed by atoms with Crippen LogP contribution in [0.5, 0.6) is 0 Å². The summed E-state index contributed by atoms with van der Waals surface area (Å²) in [4.78, 5) is 0. The van der Waals surface area contributed by atoms with Gasteiger partial charge in [0, 0.05) is 5.92 Å². The van der Waals surface area contributed by atoms with E-state index in [-0.39, 0.29) is 5.92 Å². The fourth-order valence-corrected chi connectivity index (χ4v) is 1.78. The molecular weight excluding hydrogens is 168 g/mol. The molecule has 0 saturated heterocycles. The van der Waals surface area contributed by atoms with Crippen molar-refractivity contribution >= 4 is 0 Å². The Morgan fingerprint density at radius 2 is 1.86 bits per heavy atom. The molecule has 0 amide bonds. The number of benzene rings is 1. The molecule has 0 aliphatic carbocycles. The molecule has 1 aromatic carbocycles. The van der Waals surface area contributed by atoms with E-state index in [9.17, 15) is 0 Å². The Balaban J connectivity index is 3.24. The molecule has 0 nitrogen and oxygen atoms in total. The molecule has 0 aromatic heterocycles. The van der Waals surface area contributed by atoms with E-state index in [4.69, 9.17) is 6.42 Å². The van der Waals surface area contributed by atoms with Gasteiger partial charge in [-0.05, 0) is 49.4 Å². The molecule has 1 rings (SSSR count). The summed E-state index contributed by atoms with van der Waals surface area (Å²) < 4.78 is 0. The lowest BCUT2D eigenvalue weighted by molar-refractivity contribution is 0.821. The molecule has 0 heteroatoms. The maximum atomic E-state index is 5.52. The van der Waals surface area contributed by atoms with Crippen molar-refractivity contribution in [2.24, 2.45) is 0 Å². The second-order valence-electron chi connectivity index (χ2n) is 3.85. The first-order chi connectivity index (χ1) is 6.61. The SMILES string of the molecule is C#CC(CC)c1ccc(C)c(C)c1C. The highest BCUT2D eigenvalue weighted by Crippen LogP contribution is 2.25. The van der Waals surface area contributed by atoms with Gasteiger partial charge in [0.1, 0.15) is 0 Å². The monoisotopic (exact) mass is 186 g/mol. The van der Waals surface area contributed by atoms with Crippen molar-refractivity contribution in [1.29, 1.82) is 0 Å². The average Bonchev–Trinajstić information content (AvgIpc) is 2.19. The molecule has 0 fully saturated rings. The Kier molecular flexibility index (Phi) is 3.36. The van der Waals surface area contributed by atoms with Gasteiger partial charge >= 0.3 is 0 Å². The molecule has 0 aliphatic rings. The molecule has 1 atom stereocenters. The van der Waals surface area contributed by atoms with E-state index < -0.39 is 0 Å². The first-order valence-corrected chi connectivity index (χ1v) is 5.14. The lowest BCUT2D eigenvalue weighted by Crippen LogP contribution is -2.00. The van der Waals surface area contributed by atoms with Crippen LogP contribution in [-0.4, -0.2) is 0 Å². The summed E-state index contributed by atoms with van der Waals surface area (Å²) in [6.45, 7) is 8.61. The van der Waals surface area contributed by atoms with Crippen LogP contribution in [0.2, 0.25) is 0 Å². The quantitative estimate of drug-likeness (QED) is 0.617. The summed E-state index contributed by atoms with van der Waals surface area (Å²) in [6.07, 6.45) is 6.54. The van der Waals surface area contributed by atoms with Crippen LogP contribution in [0.4, 0.5) is 0 Å². The second kappa shape index (κ2) is 4.33. The Labute approximate surface area is 87.4 Å². The van der Waals surface area contributed by atoms with Gasteiger partial charge in [-0.3, -0.25) is 0 Å². The van der Waals surface area contributed by atoms with Crippen LogP contribution in [0.3, 0.4) is 0 Å². The lowest BCUT2D eigenvalue weighted by atomic mass is 9.89. The number of rotatable bonds is 2. The smallest absolute Gasteiger partial charge is 0.0449 e. The van der Waals surface area contributed by atoms with Gasteiger partial charge in [0.2, 0.25) is 0 Å². The lowest BCUT2D eigenvalue weighted by Gasteiger charge is -2.15. The van der Waals surface area contributed by atoms with Gasteiger partial charge in [-0.25, -0.2) is 0 Å². The summed E-state index contributed by atoms with van der Waals surface area (Å²) in [6, 6.07) is 4.34. The highest BCUT2D eigenvalue weighted by molar-refractivity contribution is 5.42. The number of aryl methyl sites for hydroxylation is 1. The van der Waals surface area contributed by atoms with Crippen LogP contribution in [-0.2, 0) is 0 Å². The van der Waals surface area contributed by atoms with Gasteiger partial charge in [0.25, 0.3) is 0 Å². The van der Waals surface area contributed by atoms with Gasteiger partial charge in [0.05, 0.1) is 0 Å². The van der Waals surface area contributed by atoms with E-state index in [0.29, 0.717) is 0 Å². The van der Waals surface area contributed by atoms with E-state index in [2.05, 4.69) is 45.7 Å². The molecule has 0 spiro atoms. The molecule has 0 heterocycles. The van der Waals surface area contributed by atoms with Crippen LogP contribution in [0, 0.1) is 33.1 Å². The van der Waals surface area contributed by atoms with Crippen molar-refractivity contribution in [2.75, 3.05) is 0 Å². The predicted octanol–water partition coefficient (Wildman–Crippen LogP) is 3.74. The number of terminal acetylenes is 1. The van der Waals surface area contributed by atoms with E-state index in [1.54, 1.807) is 0 Å². The van der Waals surface area contributed by atoms with Gasteiger partial charge in [-0.15, -0.1) is 6.42 Å². The van der Waals surface area contributed by atoms with Crippen LogP contribution in [0.1, 0.15) is 41.5 Å². The van der Waals surface area contributed by atoms with Crippen molar-refractivity contribution in [3.8, 4) is 12.3 Å². The molecule has 0 N–H and O–H groups in total. The van der Waals surface area contributed by atoms with Crippen LogP contribution in [0.25, 0.3) is 0 Å². The van der Waals surface area contributed by atoms with Crippen molar-refractivity contribution in [3.05, 3.63) is 34.4 Å². The Morgan fingerprint density at radius 1 is 1.21 bits per heavy atom. The summed E-state index contributed by atoms with van der Waals surface area (Å²) in [7, 11) is 0. The second-order valence-corrected chi connectivity index (χ2v) is 3.85. The molecule has 14 heavy (non-hydrogen) atoms. The molecule has 1 aromatic rings. The Bertz CT molecular complexity index is 366. The summed E-state index contributed by atoms with van der Waals surface area (Å²) in [5.74, 6) is 3.13. The zero-order valence-electron chi connectivity index (χ0n) is 9.52. The zero-order valence-corrected chi connectivity index (χ0v) is 9.52. The van der Waals surface area contributed by atoms with Crippen LogP contribution >= 0.6 is 0 Å². The van der Waals surface area contributed by atoms with Crippen molar-refractivity contribution in [3.63, 3.8) is 0 Å². The maximum Gasteiger partial charge on any atom is 0.0449 e. The average molecular weight is 186 g/mol. The Morgan fingerprint density at radius 3 is 2.36 bits per heavy atom. The van der Waals surface area contributed by atoms with Crippen molar-refractivity contribution in [1.82, 2.24) is 0 Å². The molecule has 1 unspecified atom stereocenters. The third kappa shape index (κ3) is 1.82. The molecule has 0 radical (unpaired) electrons. The van der Waals surface area contributed by atoms with E-state index in [1.807, 2.05) is 0 Å². The first-order valence-electron chi connectivity index (χ1n) is 5.14. The van der Waals surface area contributed by atoms with Crippen LogP contribution < -0.4 is 0 Å². The van der Waals surface area contributed by atoms with Crippen molar-refractivity contribution < 1.29 is 0 Å². The van der Waals surface area contributed by atoms with Gasteiger partial charge in [-0.2, -0.15) is 0 Å². The van der Waals surface area contributed by atoms with E-state index in [1.165, 1.54) is 22.3 Å². The molecule has 0 aliphatic heterocycles. The molecule has 74 valence electrons. The predicted molar refractivity (Wildman–Crippen MR) is 62.5 cm³/mol. The van der Waals surface area contributed by atoms with Crippen molar-refractivity contribution in [2.45, 2.75) is 40.0 Å². The maximum absolute atomic E-state index is 5.52. The van der Waals surface area contributed by atoms with Gasteiger partial charge in [-0.1, -0.05) is 25.0 Å². The standard InChI is InChI=1S/C14H18/c1-6-13(7-2)14-9-8-10(3)11(4)12(14)5/h1,8-9,13H,7H2,2-5H3. The minimum absolute atomic E-state index is 0.272. The van der Waals surface area contributed by atoms with Crippen LogP contribution in [0.15, 0.2) is 12.1 Å². The fourth-order valence-electron chi connectivity index (χ4n) is 1.78. The first kappa shape index (κ1) is 10.9. The van der Waals surface area contributed by atoms with E-state index in [0.717, 1.165) is 6.42 Å². The fraction of sp³-hybridized carbons (Fsp3) is 0.429. The third-order valence-electron chi connectivity index (χ3n) is 3.08. The number of hydrogen-bond donors (Lipinski definition) is 0. The van der Waals surface area contributed by atoms with Gasteiger partial charge in [0.15, 0.2) is 0 Å². The number of hydrogen-bond acceptors (Lipinski definition) is 0. The van der Waals surface area contributed by atoms with Gasteiger partial charge < -0.3 is 0 Å². The minimum Gasteiger partial charge on any atom is -0.119 e. The third-order valence-corrected chi connectivity index (χ3v) is 3.08. The summed E-state index contributed by atoms with van der Waals surface area (Å²) in [5, 5.41) is 0. The topological polar surface area (TPSA) is 0 Å². The molecule has 0 saturated carbocycles. The highest BCUT2D eigenvalue weighted by Gasteiger charge is 2.10. The minimum atomic E-state index is 0.272. The normalized spacial score (nSPS) is 12.2. The van der Waals surface area contributed by atoms with E-state index >= 15 is 0 Å². The largest absolute Gasteiger partial charge is 0.119 e.